The number of carbonyl (C=O) groups excluding carboxylic acids is 1. The van der Waals surface area contributed by atoms with Gasteiger partial charge in [-0.05, 0) is 43.9 Å². The Bertz CT molecular complexity index is 240. The zero-order chi connectivity index (χ0) is 10.8. The molecule has 2 fully saturated rings. The second-order valence-corrected chi connectivity index (χ2v) is 5.29. The lowest BCUT2D eigenvalue weighted by Crippen LogP contribution is -2.32. The molecule has 0 aromatic carbocycles. The number of aliphatic hydroxyl groups excluding tert-OH is 1. The van der Waals surface area contributed by atoms with E-state index in [0.29, 0.717) is 18.9 Å². The van der Waals surface area contributed by atoms with E-state index in [-0.39, 0.29) is 5.91 Å². The number of nitrogens with one attached hydrogen (secondary N) is 1. The summed E-state index contributed by atoms with van der Waals surface area (Å²) >= 11 is 0. The lowest BCUT2D eigenvalue weighted by molar-refractivity contribution is -0.122. The third-order valence-electron chi connectivity index (χ3n) is 3.93. The van der Waals surface area contributed by atoms with Crippen LogP contribution in [0.1, 0.15) is 39.0 Å². The van der Waals surface area contributed by atoms with Gasteiger partial charge in [0, 0.05) is 13.0 Å². The van der Waals surface area contributed by atoms with Crippen molar-refractivity contribution >= 4 is 5.91 Å². The van der Waals surface area contributed by atoms with Gasteiger partial charge >= 0.3 is 0 Å². The number of fused-ring (bicyclic) bond motifs is 2. The molecule has 0 saturated heterocycles. The summed E-state index contributed by atoms with van der Waals surface area (Å²) in [6.45, 7) is 2.08. The Morgan fingerprint density at radius 2 is 2.27 bits per heavy atom. The van der Waals surface area contributed by atoms with Crippen LogP contribution in [0.3, 0.4) is 0 Å². The topological polar surface area (TPSA) is 49.3 Å². The van der Waals surface area contributed by atoms with Gasteiger partial charge in [0.15, 0.2) is 0 Å². The first-order chi connectivity index (χ1) is 7.15. The minimum Gasteiger partial charge on any atom is -0.392 e. The van der Waals surface area contributed by atoms with Crippen molar-refractivity contribution in [1.82, 2.24) is 5.32 Å². The molecule has 3 nitrogen and oxygen atoms in total. The third-order valence-corrected chi connectivity index (χ3v) is 3.93. The van der Waals surface area contributed by atoms with Crippen molar-refractivity contribution in [2.45, 2.75) is 45.1 Å². The zero-order valence-electron chi connectivity index (χ0n) is 9.41. The van der Waals surface area contributed by atoms with Gasteiger partial charge in [-0.25, -0.2) is 0 Å². The molecule has 0 radical (unpaired) electrons. The predicted molar refractivity (Wildman–Crippen MR) is 58.2 cm³/mol. The van der Waals surface area contributed by atoms with Gasteiger partial charge in [-0.3, -0.25) is 4.79 Å². The van der Waals surface area contributed by atoms with Gasteiger partial charge in [-0.1, -0.05) is 6.42 Å². The Hall–Kier alpha value is -0.570. The quantitative estimate of drug-likeness (QED) is 0.736. The van der Waals surface area contributed by atoms with E-state index in [0.717, 1.165) is 11.8 Å². The average Bonchev–Trinajstić information content (AvgIpc) is 2.76. The number of aliphatic hydroxyl groups is 1. The number of carbonyl (C=O) groups is 1. The SMILES string of the molecule is C[C@H](O)CNC(=O)CC1CC2CCC1C2. The van der Waals surface area contributed by atoms with Crippen molar-refractivity contribution in [2.24, 2.45) is 17.8 Å². The highest BCUT2D eigenvalue weighted by atomic mass is 16.3. The number of hydrogen-bond donors (Lipinski definition) is 2. The van der Waals surface area contributed by atoms with Gasteiger partial charge in [0.1, 0.15) is 0 Å². The van der Waals surface area contributed by atoms with E-state index in [9.17, 15) is 4.79 Å². The van der Waals surface area contributed by atoms with Crippen LogP contribution in [-0.4, -0.2) is 23.7 Å². The van der Waals surface area contributed by atoms with Crippen LogP contribution in [0.5, 0.6) is 0 Å². The predicted octanol–water partition coefficient (Wildman–Crippen LogP) is 1.31. The molecule has 0 aliphatic heterocycles. The summed E-state index contributed by atoms with van der Waals surface area (Å²) in [5.74, 6) is 2.46. The molecule has 2 aliphatic carbocycles. The van der Waals surface area contributed by atoms with Crippen LogP contribution in [-0.2, 0) is 4.79 Å². The fraction of sp³-hybridized carbons (Fsp3) is 0.917. The van der Waals surface area contributed by atoms with Gasteiger partial charge < -0.3 is 10.4 Å². The molecule has 2 rings (SSSR count). The van der Waals surface area contributed by atoms with Crippen molar-refractivity contribution in [1.29, 1.82) is 0 Å². The first-order valence-electron chi connectivity index (χ1n) is 6.10. The Labute approximate surface area is 91.2 Å². The normalized spacial score (nSPS) is 35.5. The van der Waals surface area contributed by atoms with Gasteiger partial charge in [0.2, 0.25) is 5.91 Å². The third kappa shape index (κ3) is 2.71. The van der Waals surface area contributed by atoms with E-state index >= 15 is 0 Å². The summed E-state index contributed by atoms with van der Waals surface area (Å²) in [6, 6.07) is 0. The Kier molecular flexibility index (Phi) is 3.29. The minimum atomic E-state index is -0.436. The molecule has 1 amide bonds. The van der Waals surface area contributed by atoms with Crippen molar-refractivity contribution in [2.75, 3.05) is 6.54 Å². The molecule has 2 bridgehead atoms. The largest absolute Gasteiger partial charge is 0.392 e. The number of amides is 1. The molecule has 0 aromatic rings. The van der Waals surface area contributed by atoms with Crippen molar-refractivity contribution in [3.8, 4) is 0 Å². The minimum absolute atomic E-state index is 0.119. The van der Waals surface area contributed by atoms with Crippen LogP contribution in [0, 0.1) is 17.8 Å². The summed E-state index contributed by atoms with van der Waals surface area (Å²) in [5, 5.41) is 11.8. The molecular weight excluding hydrogens is 190 g/mol. The lowest BCUT2D eigenvalue weighted by Gasteiger charge is -2.21. The van der Waals surface area contributed by atoms with Crippen LogP contribution in [0.2, 0.25) is 0 Å². The van der Waals surface area contributed by atoms with Crippen LogP contribution < -0.4 is 5.32 Å². The van der Waals surface area contributed by atoms with Crippen LogP contribution in [0.15, 0.2) is 0 Å². The van der Waals surface area contributed by atoms with E-state index < -0.39 is 6.10 Å². The molecule has 0 aromatic heterocycles. The highest BCUT2D eigenvalue weighted by Crippen LogP contribution is 2.49. The molecule has 2 saturated carbocycles. The second-order valence-electron chi connectivity index (χ2n) is 5.29. The Balaban J connectivity index is 1.71. The molecule has 0 spiro atoms. The number of hydrogen-bond acceptors (Lipinski definition) is 2. The van der Waals surface area contributed by atoms with E-state index in [1.807, 2.05) is 0 Å². The molecule has 15 heavy (non-hydrogen) atoms. The zero-order valence-corrected chi connectivity index (χ0v) is 9.41. The smallest absolute Gasteiger partial charge is 0.220 e. The van der Waals surface area contributed by atoms with Gasteiger partial charge in [-0.15, -0.1) is 0 Å². The first-order valence-corrected chi connectivity index (χ1v) is 6.10. The summed E-state index contributed by atoms with van der Waals surface area (Å²) in [6.07, 6.45) is 5.57. The maximum absolute atomic E-state index is 11.6. The van der Waals surface area contributed by atoms with E-state index in [1.165, 1.54) is 25.7 Å². The molecule has 3 heteroatoms. The van der Waals surface area contributed by atoms with Crippen LogP contribution >= 0.6 is 0 Å². The maximum atomic E-state index is 11.6. The monoisotopic (exact) mass is 211 g/mol. The fourth-order valence-corrected chi connectivity index (χ4v) is 3.20. The standard InChI is InChI=1S/C12H21NO2/c1-8(14)7-13-12(15)6-11-5-9-2-3-10(11)4-9/h8-11,14H,2-7H2,1H3,(H,13,15)/t8-,9?,10?,11?/m0/s1. The highest BCUT2D eigenvalue weighted by molar-refractivity contribution is 5.76. The van der Waals surface area contributed by atoms with Crippen molar-refractivity contribution in [3.63, 3.8) is 0 Å². The first kappa shape index (κ1) is 10.9. The Morgan fingerprint density at radius 3 is 2.80 bits per heavy atom. The van der Waals surface area contributed by atoms with E-state index in [4.69, 9.17) is 5.11 Å². The maximum Gasteiger partial charge on any atom is 0.220 e. The number of rotatable bonds is 4. The van der Waals surface area contributed by atoms with Crippen LogP contribution in [0.4, 0.5) is 0 Å². The molecule has 3 unspecified atom stereocenters. The van der Waals surface area contributed by atoms with Crippen molar-refractivity contribution < 1.29 is 9.90 Å². The van der Waals surface area contributed by atoms with E-state index in [2.05, 4.69) is 5.32 Å². The summed E-state index contributed by atoms with van der Waals surface area (Å²) < 4.78 is 0. The van der Waals surface area contributed by atoms with Gasteiger partial charge in [0.25, 0.3) is 0 Å². The molecule has 2 N–H and O–H groups in total. The van der Waals surface area contributed by atoms with Crippen molar-refractivity contribution in [3.05, 3.63) is 0 Å². The Morgan fingerprint density at radius 1 is 1.47 bits per heavy atom. The summed E-state index contributed by atoms with van der Waals surface area (Å²) in [5.41, 5.74) is 0. The molecular formula is C12H21NO2. The molecule has 0 heterocycles. The average molecular weight is 211 g/mol. The lowest BCUT2D eigenvalue weighted by atomic mass is 9.86. The fourth-order valence-electron chi connectivity index (χ4n) is 3.20. The highest BCUT2D eigenvalue weighted by Gasteiger charge is 2.39. The summed E-state index contributed by atoms with van der Waals surface area (Å²) in [4.78, 5) is 11.6. The van der Waals surface area contributed by atoms with E-state index in [1.54, 1.807) is 6.92 Å². The molecule has 4 atom stereocenters. The molecule has 2 aliphatic rings. The van der Waals surface area contributed by atoms with Gasteiger partial charge in [-0.2, -0.15) is 0 Å². The summed E-state index contributed by atoms with van der Waals surface area (Å²) in [7, 11) is 0. The second kappa shape index (κ2) is 4.52. The molecule has 86 valence electrons. The van der Waals surface area contributed by atoms with Crippen LogP contribution in [0.25, 0.3) is 0 Å². The van der Waals surface area contributed by atoms with Gasteiger partial charge in [0.05, 0.1) is 6.10 Å².